The van der Waals surface area contributed by atoms with Crippen molar-refractivity contribution in [1.82, 2.24) is 0 Å². The molecule has 4 nitrogen and oxygen atoms in total. The summed E-state index contributed by atoms with van der Waals surface area (Å²) in [4.78, 5) is 24.3. The molecule has 0 amide bonds. The molecule has 1 rings (SSSR count). The lowest BCUT2D eigenvalue weighted by Crippen LogP contribution is -2.15. The number of Topliss-reactive ketones (excluding diaryl/α,β-unsaturated/α-hetero) is 1. The molecule has 0 saturated heterocycles. The van der Waals surface area contributed by atoms with Crippen molar-refractivity contribution < 1.29 is 14.3 Å². The van der Waals surface area contributed by atoms with E-state index in [-0.39, 0.29) is 17.1 Å². The molecule has 0 radical (unpaired) electrons. The summed E-state index contributed by atoms with van der Waals surface area (Å²) in [7, 11) is 0. The molecule has 0 aliphatic rings. The fourth-order valence-electron chi connectivity index (χ4n) is 3.18. The fourth-order valence-corrected chi connectivity index (χ4v) is 3.18. The molecule has 0 saturated carbocycles. The van der Waals surface area contributed by atoms with Crippen molar-refractivity contribution >= 4 is 5.78 Å². The summed E-state index contributed by atoms with van der Waals surface area (Å²) >= 11 is 0. The monoisotopic (exact) mass is 364 g/mol. The van der Waals surface area contributed by atoms with Gasteiger partial charge in [0.05, 0.1) is 0 Å². The van der Waals surface area contributed by atoms with Gasteiger partial charge in [0.2, 0.25) is 0 Å². The number of carbonyl (C=O) groups excluding carboxylic acids is 1. The molecule has 1 N–H and O–H groups in total. The molecule has 1 aromatic rings. The summed E-state index contributed by atoms with van der Waals surface area (Å²) in [6.45, 7) is 4.35. The van der Waals surface area contributed by atoms with Gasteiger partial charge in [0.25, 0.3) is 0 Å². The van der Waals surface area contributed by atoms with Crippen LogP contribution in [0.4, 0.5) is 0 Å². The molecule has 1 aromatic heterocycles. The number of rotatable bonds is 15. The van der Waals surface area contributed by atoms with Gasteiger partial charge in [0.1, 0.15) is 17.1 Å². The Kier molecular flexibility index (Phi) is 11.7. The van der Waals surface area contributed by atoms with Crippen LogP contribution in [-0.2, 0) is 6.42 Å². The van der Waals surface area contributed by atoms with Crippen LogP contribution in [0.25, 0.3) is 0 Å². The molecule has 0 unspecified atom stereocenters. The van der Waals surface area contributed by atoms with Crippen molar-refractivity contribution in [2.45, 2.75) is 104 Å². The third kappa shape index (κ3) is 8.68. The lowest BCUT2D eigenvalue weighted by atomic mass is 10.0. The molecule has 0 fully saturated rings. The summed E-state index contributed by atoms with van der Waals surface area (Å²) in [6.07, 6.45) is 14.3. The van der Waals surface area contributed by atoms with E-state index in [0.717, 1.165) is 32.1 Å². The second-order valence-corrected chi connectivity index (χ2v) is 7.22. The van der Waals surface area contributed by atoms with E-state index in [0.29, 0.717) is 18.6 Å². The number of unbranched alkanes of at least 4 members (excludes halogenated alkanes) is 10. The van der Waals surface area contributed by atoms with Crippen molar-refractivity contribution in [3.8, 4) is 5.75 Å². The van der Waals surface area contributed by atoms with Crippen LogP contribution in [0.5, 0.6) is 5.75 Å². The van der Waals surface area contributed by atoms with Crippen LogP contribution >= 0.6 is 0 Å². The standard InChI is InChI=1S/C22H36O4/c1-3-5-7-9-10-12-14-16-19(23)21-20(24)17-18(26-22(21)25)15-13-11-8-6-4-2/h17,24H,3-16H2,1-2H3. The molecule has 26 heavy (non-hydrogen) atoms. The maximum absolute atomic E-state index is 12.2. The zero-order chi connectivity index (χ0) is 19.2. The Morgan fingerprint density at radius 3 is 2.00 bits per heavy atom. The summed E-state index contributed by atoms with van der Waals surface area (Å²) in [5.74, 6) is -0.0615. The first-order valence-corrected chi connectivity index (χ1v) is 10.5. The Bertz CT molecular complexity index is 574. The number of carbonyl (C=O) groups is 1. The van der Waals surface area contributed by atoms with Crippen molar-refractivity contribution in [1.29, 1.82) is 0 Å². The van der Waals surface area contributed by atoms with E-state index in [4.69, 9.17) is 4.42 Å². The number of ketones is 1. The van der Waals surface area contributed by atoms with Gasteiger partial charge >= 0.3 is 5.63 Å². The fraction of sp³-hybridized carbons (Fsp3) is 0.727. The molecule has 0 aromatic carbocycles. The van der Waals surface area contributed by atoms with Crippen molar-refractivity contribution in [2.75, 3.05) is 0 Å². The van der Waals surface area contributed by atoms with Gasteiger partial charge in [-0.25, -0.2) is 4.79 Å². The Balaban J connectivity index is 2.43. The van der Waals surface area contributed by atoms with Gasteiger partial charge in [0, 0.05) is 18.9 Å². The van der Waals surface area contributed by atoms with Gasteiger partial charge < -0.3 is 9.52 Å². The van der Waals surface area contributed by atoms with Crippen LogP contribution in [0.2, 0.25) is 0 Å². The lowest BCUT2D eigenvalue weighted by Gasteiger charge is -2.06. The Labute approximate surface area is 158 Å². The van der Waals surface area contributed by atoms with E-state index in [1.807, 2.05) is 0 Å². The highest BCUT2D eigenvalue weighted by atomic mass is 16.4. The smallest absolute Gasteiger partial charge is 0.350 e. The normalized spacial score (nSPS) is 11.0. The van der Waals surface area contributed by atoms with E-state index >= 15 is 0 Å². The molecule has 0 spiro atoms. The second-order valence-electron chi connectivity index (χ2n) is 7.22. The minimum absolute atomic E-state index is 0.175. The highest BCUT2D eigenvalue weighted by Crippen LogP contribution is 2.20. The highest BCUT2D eigenvalue weighted by Gasteiger charge is 2.18. The topological polar surface area (TPSA) is 67.5 Å². The molecule has 0 aliphatic carbocycles. The molecule has 1 heterocycles. The molecule has 0 atom stereocenters. The first-order valence-electron chi connectivity index (χ1n) is 10.5. The predicted octanol–water partition coefficient (Wildman–Crippen LogP) is 6.18. The number of aromatic hydroxyl groups is 1. The van der Waals surface area contributed by atoms with Gasteiger partial charge in [-0.2, -0.15) is 0 Å². The van der Waals surface area contributed by atoms with E-state index < -0.39 is 5.63 Å². The van der Waals surface area contributed by atoms with Crippen LogP contribution in [0.1, 0.15) is 113 Å². The minimum atomic E-state index is -0.693. The van der Waals surface area contributed by atoms with E-state index in [1.165, 1.54) is 51.0 Å². The maximum Gasteiger partial charge on any atom is 0.350 e. The summed E-state index contributed by atoms with van der Waals surface area (Å²) < 4.78 is 5.25. The minimum Gasteiger partial charge on any atom is -0.507 e. The van der Waals surface area contributed by atoms with E-state index in [2.05, 4.69) is 13.8 Å². The molecule has 0 bridgehead atoms. The van der Waals surface area contributed by atoms with Gasteiger partial charge in [-0.1, -0.05) is 78.1 Å². The quantitative estimate of drug-likeness (QED) is 0.298. The van der Waals surface area contributed by atoms with Crippen LogP contribution in [0.3, 0.4) is 0 Å². The Hall–Kier alpha value is -1.58. The molecule has 4 heteroatoms. The van der Waals surface area contributed by atoms with E-state index in [9.17, 15) is 14.7 Å². The van der Waals surface area contributed by atoms with Crippen LogP contribution in [-0.4, -0.2) is 10.9 Å². The first-order chi connectivity index (χ1) is 12.6. The van der Waals surface area contributed by atoms with Gasteiger partial charge in [-0.3, -0.25) is 4.79 Å². The van der Waals surface area contributed by atoms with Crippen LogP contribution in [0, 0.1) is 0 Å². The van der Waals surface area contributed by atoms with Crippen LogP contribution < -0.4 is 5.63 Å². The largest absolute Gasteiger partial charge is 0.507 e. The first kappa shape index (κ1) is 22.5. The number of hydrogen-bond acceptors (Lipinski definition) is 4. The molecule has 0 aliphatic heterocycles. The lowest BCUT2D eigenvalue weighted by molar-refractivity contribution is 0.0971. The summed E-state index contributed by atoms with van der Waals surface area (Å²) in [6, 6.07) is 1.44. The van der Waals surface area contributed by atoms with Gasteiger partial charge in [-0.15, -0.1) is 0 Å². The highest BCUT2D eigenvalue weighted by molar-refractivity contribution is 5.97. The average Bonchev–Trinajstić information content (AvgIpc) is 2.60. The van der Waals surface area contributed by atoms with Crippen molar-refractivity contribution in [3.05, 3.63) is 27.8 Å². The van der Waals surface area contributed by atoms with Gasteiger partial charge in [-0.05, 0) is 12.8 Å². The van der Waals surface area contributed by atoms with E-state index in [1.54, 1.807) is 0 Å². The maximum atomic E-state index is 12.2. The average molecular weight is 365 g/mol. The molecular weight excluding hydrogens is 328 g/mol. The third-order valence-electron chi connectivity index (χ3n) is 4.79. The zero-order valence-corrected chi connectivity index (χ0v) is 16.6. The summed E-state index contributed by atoms with van der Waals surface area (Å²) in [5, 5.41) is 10.1. The van der Waals surface area contributed by atoms with Gasteiger partial charge in [0.15, 0.2) is 5.78 Å². The van der Waals surface area contributed by atoms with Crippen molar-refractivity contribution in [2.24, 2.45) is 0 Å². The second kappa shape index (κ2) is 13.6. The van der Waals surface area contributed by atoms with Crippen LogP contribution in [0.15, 0.2) is 15.3 Å². The number of hydrogen-bond donors (Lipinski definition) is 1. The zero-order valence-electron chi connectivity index (χ0n) is 16.6. The Morgan fingerprint density at radius 2 is 1.42 bits per heavy atom. The summed E-state index contributed by atoms with van der Waals surface area (Å²) in [5.41, 5.74) is -0.868. The number of aryl methyl sites for hydroxylation is 1. The Morgan fingerprint density at radius 1 is 0.885 bits per heavy atom. The SMILES string of the molecule is CCCCCCCCCC(=O)c1c(O)cc(CCCCCCC)oc1=O. The molecular formula is C22H36O4. The predicted molar refractivity (Wildman–Crippen MR) is 106 cm³/mol. The van der Waals surface area contributed by atoms with Crippen molar-refractivity contribution in [3.63, 3.8) is 0 Å². The molecule has 148 valence electrons. The third-order valence-corrected chi connectivity index (χ3v) is 4.79.